The molecule has 1 amide bonds. The van der Waals surface area contributed by atoms with E-state index in [1.807, 2.05) is 0 Å². The minimum absolute atomic E-state index is 0.0314. The van der Waals surface area contributed by atoms with E-state index in [1.165, 1.54) is 18.2 Å². The van der Waals surface area contributed by atoms with Gasteiger partial charge in [0.15, 0.2) is 17.5 Å². The van der Waals surface area contributed by atoms with Crippen molar-refractivity contribution in [1.82, 2.24) is 9.36 Å². The third-order valence-corrected chi connectivity index (χ3v) is 3.92. The van der Waals surface area contributed by atoms with Crippen LogP contribution in [0.15, 0.2) is 42.5 Å². The Hall–Kier alpha value is -2.88. The maximum Gasteiger partial charge on any atom is 0.416 e. The zero-order chi connectivity index (χ0) is 18.9. The molecule has 0 fully saturated rings. The molecule has 0 spiro atoms. The molecule has 0 bridgehead atoms. The number of nitrogens with one attached hydrogen (secondary N) is 1. The zero-order valence-corrected chi connectivity index (χ0v) is 13.5. The van der Waals surface area contributed by atoms with Gasteiger partial charge in [-0.15, -0.1) is 0 Å². The Balaban J connectivity index is 1.82. The van der Waals surface area contributed by atoms with Crippen molar-refractivity contribution < 1.29 is 26.7 Å². The third kappa shape index (κ3) is 3.69. The lowest BCUT2D eigenvalue weighted by Gasteiger charge is -2.06. The van der Waals surface area contributed by atoms with Crippen LogP contribution in [0.3, 0.4) is 0 Å². The average molecular weight is 385 g/mol. The van der Waals surface area contributed by atoms with Gasteiger partial charge in [-0.05, 0) is 24.3 Å². The Labute approximate surface area is 147 Å². The lowest BCUT2D eigenvalue weighted by Crippen LogP contribution is -2.14. The van der Waals surface area contributed by atoms with Gasteiger partial charge in [0.1, 0.15) is 0 Å². The molecule has 1 N–H and O–H groups in total. The number of carbonyl (C=O) groups is 1. The molecule has 0 unspecified atom stereocenters. The van der Waals surface area contributed by atoms with Crippen molar-refractivity contribution in [2.45, 2.75) is 6.18 Å². The minimum atomic E-state index is -4.52. The van der Waals surface area contributed by atoms with Gasteiger partial charge in [-0.3, -0.25) is 10.1 Å². The van der Waals surface area contributed by atoms with E-state index in [9.17, 15) is 26.7 Å². The van der Waals surface area contributed by atoms with Crippen LogP contribution >= 0.6 is 11.5 Å². The Morgan fingerprint density at radius 3 is 2.54 bits per heavy atom. The number of benzene rings is 2. The average Bonchev–Trinajstić information content (AvgIpc) is 3.05. The van der Waals surface area contributed by atoms with Crippen LogP contribution in [0.2, 0.25) is 0 Å². The van der Waals surface area contributed by atoms with E-state index in [-0.39, 0.29) is 16.5 Å². The van der Waals surface area contributed by atoms with Gasteiger partial charge in [-0.1, -0.05) is 18.2 Å². The minimum Gasteiger partial charge on any atom is -0.296 e. The van der Waals surface area contributed by atoms with Gasteiger partial charge in [-0.2, -0.15) is 22.5 Å². The number of aromatic nitrogens is 2. The maximum atomic E-state index is 13.6. The number of alkyl halides is 3. The van der Waals surface area contributed by atoms with E-state index in [2.05, 4.69) is 14.7 Å². The van der Waals surface area contributed by atoms with E-state index in [1.54, 1.807) is 0 Å². The number of halogens is 5. The monoisotopic (exact) mass is 385 g/mol. The molecule has 3 rings (SSSR count). The molecule has 0 atom stereocenters. The fraction of sp³-hybridized carbons (Fsp3) is 0.0625. The van der Waals surface area contributed by atoms with Crippen molar-refractivity contribution in [1.29, 1.82) is 0 Å². The first-order valence-electron chi connectivity index (χ1n) is 7.02. The molecule has 0 aliphatic rings. The number of hydrogen-bond donors (Lipinski definition) is 1. The molecule has 134 valence electrons. The second-order valence-electron chi connectivity index (χ2n) is 5.06. The summed E-state index contributed by atoms with van der Waals surface area (Å²) < 4.78 is 68.9. The summed E-state index contributed by atoms with van der Waals surface area (Å²) >= 11 is 0.700. The van der Waals surface area contributed by atoms with Crippen LogP contribution in [0.25, 0.3) is 11.4 Å². The van der Waals surface area contributed by atoms with Crippen molar-refractivity contribution in [3.8, 4) is 11.4 Å². The molecular formula is C16H8F5N3OS. The summed E-state index contributed by atoms with van der Waals surface area (Å²) in [6.07, 6.45) is -4.52. The van der Waals surface area contributed by atoms with Crippen molar-refractivity contribution >= 4 is 22.6 Å². The predicted octanol–water partition coefficient (Wildman–Crippen LogP) is 4.75. The number of rotatable bonds is 3. The number of anilines is 1. The second-order valence-corrected chi connectivity index (χ2v) is 5.81. The summed E-state index contributed by atoms with van der Waals surface area (Å²) in [6.45, 7) is 0. The van der Waals surface area contributed by atoms with Crippen LogP contribution in [-0.4, -0.2) is 15.3 Å². The molecular weight excluding hydrogens is 377 g/mol. The third-order valence-electron chi connectivity index (χ3n) is 3.29. The smallest absolute Gasteiger partial charge is 0.296 e. The molecule has 10 heteroatoms. The van der Waals surface area contributed by atoms with Gasteiger partial charge in [0.2, 0.25) is 5.13 Å². The molecule has 0 radical (unpaired) electrons. The van der Waals surface area contributed by atoms with Gasteiger partial charge in [0.25, 0.3) is 5.91 Å². The highest BCUT2D eigenvalue weighted by molar-refractivity contribution is 7.10. The fourth-order valence-electron chi connectivity index (χ4n) is 2.07. The molecule has 2 aromatic carbocycles. The Bertz CT molecular complexity index is 971. The topological polar surface area (TPSA) is 54.9 Å². The molecule has 4 nitrogen and oxygen atoms in total. The first-order valence-corrected chi connectivity index (χ1v) is 7.80. The van der Waals surface area contributed by atoms with E-state index < -0.39 is 34.8 Å². The van der Waals surface area contributed by atoms with Crippen LogP contribution in [0, 0.1) is 11.6 Å². The van der Waals surface area contributed by atoms with Crippen LogP contribution in [0.4, 0.5) is 27.1 Å². The van der Waals surface area contributed by atoms with Crippen LogP contribution < -0.4 is 5.32 Å². The summed E-state index contributed by atoms with van der Waals surface area (Å²) in [5.41, 5.74) is -1.29. The largest absolute Gasteiger partial charge is 0.416 e. The standard InChI is InChI=1S/C16H8F5N3OS/c17-11-6-2-5-10(12(11)18)14(25)23-15-22-13(24-26-15)8-3-1-4-9(7-8)16(19,20)21/h1-7H,(H,22,23,24,25). The van der Waals surface area contributed by atoms with Crippen molar-refractivity contribution in [2.75, 3.05) is 5.32 Å². The Morgan fingerprint density at radius 2 is 1.81 bits per heavy atom. The SMILES string of the molecule is O=C(Nc1nc(-c2cccc(C(F)(F)F)c2)ns1)c1cccc(F)c1F. The predicted molar refractivity (Wildman–Crippen MR) is 84.7 cm³/mol. The van der Waals surface area contributed by atoms with Gasteiger partial charge in [0.05, 0.1) is 11.1 Å². The van der Waals surface area contributed by atoms with Gasteiger partial charge in [0, 0.05) is 17.1 Å². The summed E-state index contributed by atoms with van der Waals surface area (Å²) in [5, 5.41) is 2.17. The maximum absolute atomic E-state index is 13.6. The second kappa shape index (κ2) is 6.79. The van der Waals surface area contributed by atoms with E-state index in [0.29, 0.717) is 11.5 Å². The highest BCUT2D eigenvalue weighted by Crippen LogP contribution is 2.32. The van der Waals surface area contributed by atoms with Crippen molar-refractivity contribution in [2.24, 2.45) is 0 Å². The van der Waals surface area contributed by atoms with Crippen molar-refractivity contribution in [3.63, 3.8) is 0 Å². The van der Waals surface area contributed by atoms with Gasteiger partial charge >= 0.3 is 6.18 Å². The molecule has 0 saturated heterocycles. The van der Waals surface area contributed by atoms with E-state index >= 15 is 0 Å². The lowest BCUT2D eigenvalue weighted by atomic mass is 10.1. The molecule has 0 aliphatic carbocycles. The molecule has 0 saturated carbocycles. The summed E-state index contributed by atoms with van der Waals surface area (Å²) in [6, 6.07) is 7.49. The van der Waals surface area contributed by atoms with E-state index in [4.69, 9.17) is 0 Å². The number of hydrogen-bond acceptors (Lipinski definition) is 4. The summed E-state index contributed by atoms with van der Waals surface area (Å²) in [5.74, 6) is -3.47. The normalized spacial score (nSPS) is 11.4. The lowest BCUT2D eigenvalue weighted by molar-refractivity contribution is -0.137. The fourth-order valence-corrected chi connectivity index (χ4v) is 2.65. The van der Waals surface area contributed by atoms with Crippen molar-refractivity contribution in [3.05, 3.63) is 65.2 Å². The van der Waals surface area contributed by atoms with E-state index in [0.717, 1.165) is 24.3 Å². The Kier molecular flexibility index (Phi) is 4.68. The molecule has 26 heavy (non-hydrogen) atoms. The number of carbonyl (C=O) groups excluding carboxylic acids is 1. The molecule has 3 aromatic rings. The highest BCUT2D eigenvalue weighted by atomic mass is 32.1. The molecule has 1 heterocycles. The Morgan fingerprint density at radius 1 is 1.08 bits per heavy atom. The van der Waals surface area contributed by atoms with Gasteiger partial charge in [-0.25, -0.2) is 8.78 Å². The quantitative estimate of drug-likeness (QED) is 0.662. The van der Waals surface area contributed by atoms with Gasteiger partial charge < -0.3 is 0 Å². The highest BCUT2D eigenvalue weighted by Gasteiger charge is 2.30. The summed E-state index contributed by atoms with van der Waals surface area (Å²) in [4.78, 5) is 15.9. The summed E-state index contributed by atoms with van der Waals surface area (Å²) in [7, 11) is 0. The number of amides is 1. The first-order chi connectivity index (χ1) is 12.3. The van der Waals surface area contributed by atoms with Crippen LogP contribution in [0.5, 0.6) is 0 Å². The van der Waals surface area contributed by atoms with Crippen LogP contribution in [0.1, 0.15) is 15.9 Å². The zero-order valence-electron chi connectivity index (χ0n) is 12.6. The number of nitrogens with zero attached hydrogens (tertiary/aromatic N) is 2. The first kappa shape index (κ1) is 17.9. The van der Waals surface area contributed by atoms with Crippen LogP contribution in [-0.2, 0) is 6.18 Å². The molecule has 0 aliphatic heterocycles. The molecule has 1 aromatic heterocycles.